The first-order valence-electron chi connectivity index (χ1n) is 9.46. The summed E-state index contributed by atoms with van der Waals surface area (Å²) in [6, 6.07) is 0.171. The molecular weight excluding hydrogens is 384 g/mol. The Labute approximate surface area is 163 Å². The van der Waals surface area contributed by atoms with Gasteiger partial charge >= 0.3 is 14.8 Å². The highest BCUT2D eigenvalue weighted by Gasteiger charge is 2.39. The minimum atomic E-state index is -2.56. The molecule has 26 heavy (non-hydrogen) atoms. The van der Waals surface area contributed by atoms with Gasteiger partial charge in [0, 0.05) is 32.4 Å². The number of primary amides is 1. The largest absolute Gasteiger partial charge is 0.500 e. The Hall–Kier alpha value is -0.239. The second kappa shape index (κ2) is 13.9. The van der Waals surface area contributed by atoms with Crippen molar-refractivity contribution in [3.63, 3.8) is 0 Å². The third-order valence-corrected chi connectivity index (χ3v) is 10.7. The molecule has 0 aliphatic heterocycles. The molecule has 0 aromatic rings. The average molecular weight is 427 g/mol. The highest BCUT2D eigenvalue weighted by Crippen LogP contribution is 2.17. The third kappa shape index (κ3) is 18.5. The van der Waals surface area contributed by atoms with Crippen molar-refractivity contribution in [1.82, 2.24) is 5.32 Å². The smallest absolute Gasteiger partial charge is 0.456 e. The molecule has 3 N–H and O–H groups in total. The first-order valence-corrected chi connectivity index (χ1v) is 18.2. The van der Waals surface area contributed by atoms with Crippen LogP contribution in [-0.4, -0.2) is 57.8 Å². The fourth-order valence-electron chi connectivity index (χ4n) is 2.44. The zero-order valence-corrected chi connectivity index (χ0v) is 21.4. The molecule has 10 heteroatoms. The Morgan fingerprint density at radius 1 is 0.846 bits per heavy atom. The molecule has 158 valence electrons. The molecule has 0 spiro atoms. The van der Waals surface area contributed by atoms with Crippen molar-refractivity contribution < 1.29 is 22.2 Å². The molecule has 0 saturated carbocycles. The molecule has 2 amide bonds. The van der Waals surface area contributed by atoms with Gasteiger partial charge in [-0.25, -0.2) is 4.79 Å². The lowest BCUT2D eigenvalue weighted by atomic mass is 10.5. The summed E-state index contributed by atoms with van der Waals surface area (Å²) >= 11 is 0. The number of rotatable bonds is 12. The van der Waals surface area contributed by atoms with Gasteiger partial charge in [0.15, 0.2) is 16.6 Å². The maximum Gasteiger partial charge on any atom is 0.500 e. The van der Waals surface area contributed by atoms with Crippen molar-refractivity contribution in [3.8, 4) is 0 Å². The van der Waals surface area contributed by atoms with Crippen LogP contribution in [0.2, 0.25) is 45.3 Å². The molecule has 7 nitrogen and oxygen atoms in total. The molecule has 0 aliphatic rings. The highest BCUT2D eigenvalue weighted by molar-refractivity contribution is 6.83. The van der Waals surface area contributed by atoms with Gasteiger partial charge in [0.1, 0.15) is 0 Å². The maximum absolute atomic E-state index is 10.5. The van der Waals surface area contributed by atoms with Crippen LogP contribution >= 0.6 is 0 Å². The quantitative estimate of drug-likeness (QED) is 0.366. The maximum atomic E-state index is 10.5. The van der Waals surface area contributed by atoms with Crippen molar-refractivity contribution in [3.05, 3.63) is 0 Å². The number of nitrogens with one attached hydrogen (secondary N) is 1. The molecule has 0 heterocycles. The summed E-state index contributed by atoms with van der Waals surface area (Å²) in [4.78, 5) is 10.5. The van der Waals surface area contributed by atoms with Gasteiger partial charge in [0.05, 0.1) is 0 Å². The summed E-state index contributed by atoms with van der Waals surface area (Å²) in [7, 11) is -5.02. The molecule has 0 aliphatic carbocycles. The van der Waals surface area contributed by atoms with Gasteiger partial charge in [-0.15, -0.1) is 0 Å². The van der Waals surface area contributed by atoms with Gasteiger partial charge in [-0.1, -0.05) is 0 Å². The van der Waals surface area contributed by atoms with Crippen LogP contribution in [0.5, 0.6) is 0 Å². The molecule has 0 fully saturated rings. The van der Waals surface area contributed by atoms with Crippen LogP contribution in [0.15, 0.2) is 0 Å². The van der Waals surface area contributed by atoms with Crippen LogP contribution in [0.1, 0.15) is 27.2 Å². The Morgan fingerprint density at radius 3 is 1.46 bits per heavy atom. The lowest BCUT2D eigenvalue weighted by molar-refractivity contribution is 0.0708. The minimum absolute atomic E-state index is 0.511. The Morgan fingerprint density at radius 2 is 1.23 bits per heavy atom. The van der Waals surface area contributed by atoms with Crippen LogP contribution in [0, 0.1) is 0 Å². The summed E-state index contributed by atoms with van der Waals surface area (Å²) in [5.74, 6) is 0. The van der Waals surface area contributed by atoms with Crippen molar-refractivity contribution in [2.75, 3.05) is 26.4 Å². The first kappa shape index (κ1) is 28.0. The number of carbonyl (C=O) groups excluding carboxylic acids is 1. The predicted octanol–water partition coefficient (Wildman–Crippen LogP) is 3.77. The van der Waals surface area contributed by atoms with Crippen LogP contribution in [0.25, 0.3) is 0 Å². The van der Waals surface area contributed by atoms with E-state index in [1.165, 1.54) is 0 Å². The minimum Gasteiger partial charge on any atom is -0.456 e. The van der Waals surface area contributed by atoms with Crippen LogP contribution in [0.3, 0.4) is 0 Å². The van der Waals surface area contributed by atoms with Gasteiger partial charge in [-0.3, -0.25) is 0 Å². The van der Waals surface area contributed by atoms with Gasteiger partial charge in [-0.05, 0) is 66.5 Å². The number of urea groups is 1. The highest BCUT2D eigenvalue weighted by atomic mass is 28.4. The van der Waals surface area contributed by atoms with Gasteiger partial charge in [-0.2, -0.15) is 0 Å². The topological polar surface area (TPSA) is 92.0 Å². The second-order valence-electron chi connectivity index (χ2n) is 7.70. The molecule has 0 atom stereocenters. The number of nitrogens with two attached hydrogens (primary N) is 1. The number of amides is 2. The van der Waals surface area contributed by atoms with Crippen molar-refractivity contribution >= 4 is 31.5 Å². The van der Waals surface area contributed by atoms with Crippen molar-refractivity contribution in [2.24, 2.45) is 5.73 Å². The predicted molar refractivity (Wildman–Crippen MR) is 115 cm³/mol. The molecule has 0 rings (SSSR count). The van der Waals surface area contributed by atoms with Gasteiger partial charge in [0.2, 0.25) is 0 Å². The Balaban J connectivity index is 0. The van der Waals surface area contributed by atoms with Crippen molar-refractivity contribution in [2.45, 2.75) is 72.5 Å². The summed E-state index contributed by atoms with van der Waals surface area (Å²) in [5, 5.41) is 2.54. The molecule has 0 saturated heterocycles. The molecule has 0 radical (unpaired) electrons. The lowest BCUT2D eigenvalue weighted by Gasteiger charge is -2.28. The Kier molecular flexibility index (Phi) is 14.9. The average Bonchev–Trinajstić information content (AvgIpc) is 2.41. The normalized spacial score (nSPS) is 12.3. The van der Waals surface area contributed by atoms with Gasteiger partial charge < -0.3 is 28.4 Å². The molecule has 0 aromatic carbocycles. The van der Waals surface area contributed by atoms with E-state index in [0.717, 1.165) is 6.42 Å². The van der Waals surface area contributed by atoms with E-state index in [-0.39, 0.29) is 0 Å². The number of carbonyl (C=O) groups is 1. The zero-order valence-electron chi connectivity index (χ0n) is 18.4. The molecule has 0 bridgehead atoms. The van der Waals surface area contributed by atoms with E-state index < -0.39 is 31.5 Å². The van der Waals surface area contributed by atoms with E-state index in [1.807, 2.05) is 20.8 Å². The Bertz CT molecular complexity index is 345. The van der Waals surface area contributed by atoms with Gasteiger partial charge in [0.25, 0.3) is 0 Å². The van der Waals surface area contributed by atoms with E-state index in [2.05, 4.69) is 44.6 Å². The second-order valence-corrected chi connectivity index (χ2v) is 19.7. The SMILES string of the molecule is CCO[Si](CCCNC(N)=O)(OCC)OCC.C[Si](C)(C)O[Si](C)(C)C. The first-order chi connectivity index (χ1) is 11.8. The lowest BCUT2D eigenvalue weighted by Crippen LogP contribution is -2.46. The van der Waals surface area contributed by atoms with E-state index in [9.17, 15) is 4.79 Å². The van der Waals surface area contributed by atoms with Crippen molar-refractivity contribution in [1.29, 1.82) is 0 Å². The fraction of sp³-hybridized carbons (Fsp3) is 0.938. The van der Waals surface area contributed by atoms with Crippen LogP contribution < -0.4 is 11.1 Å². The van der Waals surface area contributed by atoms with Crippen LogP contribution in [-0.2, 0) is 17.4 Å². The van der Waals surface area contributed by atoms with E-state index >= 15 is 0 Å². The fourth-order valence-corrected chi connectivity index (χ4v) is 12.4. The number of hydrogen-bond donors (Lipinski definition) is 2. The molecule has 0 aromatic heterocycles. The van der Waals surface area contributed by atoms with E-state index in [4.69, 9.17) is 23.1 Å². The summed E-state index contributed by atoms with van der Waals surface area (Å²) in [6.45, 7) is 21.4. The summed E-state index contributed by atoms with van der Waals surface area (Å²) < 4.78 is 22.9. The standard InChI is InChI=1S/C10H24N2O4Si.C6H18OSi2/c1-4-14-17(15-5-2,16-6-3)9-7-8-12-10(11)13;1-8(2,3)7-9(4,5)6/h4-9H2,1-3H3,(H3,11,12,13);1-6H3. The summed E-state index contributed by atoms with van der Waals surface area (Å²) in [5.41, 5.74) is 4.99. The monoisotopic (exact) mass is 426 g/mol. The summed E-state index contributed by atoms with van der Waals surface area (Å²) in [6.07, 6.45) is 0.731. The van der Waals surface area contributed by atoms with E-state index in [1.54, 1.807) is 0 Å². The zero-order chi connectivity index (χ0) is 20.9. The number of hydrogen-bond acceptors (Lipinski definition) is 5. The molecule has 0 unspecified atom stereocenters. The third-order valence-electron chi connectivity index (χ3n) is 2.66. The van der Waals surface area contributed by atoms with Crippen LogP contribution in [0.4, 0.5) is 4.79 Å². The van der Waals surface area contributed by atoms with E-state index in [0.29, 0.717) is 32.4 Å². The molecular formula is C16H42N2O5Si3.